The second kappa shape index (κ2) is 5.25. The Labute approximate surface area is 59.6 Å². The molecule has 0 aromatic heterocycles. The average Bonchev–Trinajstić information content (AvgIpc) is 1.83. The first kappa shape index (κ1) is 8.11. The van der Waals surface area contributed by atoms with Crippen LogP contribution in [0, 0.1) is 0 Å². The third-order valence-corrected chi connectivity index (χ3v) is 1.97. The molecule has 0 aliphatic carbocycles. The number of thiocarbonyl (C=S) groups is 1. The van der Waals surface area contributed by atoms with Crippen LogP contribution >= 0.6 is 24.0 Å². The zero-order valence-corrected chi connectivity index (χ0v) is 6.63. The molecule has 1 atom stereocenters. The van der Waals surface area contributed by atoms with Gasteiger partial charge in [0.1, 0.15) is 0 Å². The summed E-state index contributed by atoms with van der Waals surface area (Å²) in [6.07, 6.45) is 3.84. The van der Waals surface area contributed by atoms with E-state index in [1.807, 2.05) is 12.5 Å². The van der Waals surface area contributed by atoms with Crippen molar-refractivity contribution in [1.29, 1.82) is 0 Å². The van der Waals surface area contributed by atoms with Gasteiger partial charge in [-0.2, -0.15) is 11.8 Å². The van der Waals surface area contributed by atoms with Gasteiger partial charge < -0.3 is 0 Å². The molecule has 0 N–H and O–H groups in total. The number of hydrogen-bond acceptors (Lipinski definition) is 3. The Morgan fingerprint density at radius 3 is 2.50 bits per heavy atom. The molecule has 3 heteroatoms. The summed E-state index contributed by atoms with van der Waals surface area (Å²) >= 11 is 6.39. The molecule has 0 aliphatic rings. The van der Waals surface area contributed by atoms with E-state index in [1.165, 1.54) is 0 Å². The van der Waals surface area contributed by atoms with Crippen molar-refractivity contribution in [3.05, 3.63) is 0 Å². The lowest BCUT2D eigenvalue weighted by molar-refractivity contribution is 1.45. The summed E-state index contributed by atoms with van der Waals surface area (Å²) in [5.41, 5.74) is 0. The van der Waals surface area contributed by atoms with Crippen molar-refractivity contribution in [3.63, 3.8) is 0 Å². The predicted molar refractivity (Wildman–Crippen MR) is 45.4 cm³/mol. The molecule has 46 valence electrons. The predicted octanol–water partition coefficient (Wildman–Crippen LogP) is 1.42. The number of nitrogens with zero attached hydrogens (tertiary/aromatic N) is 1. The second-order valence-electron chi connectivity index (χ2n) is 1.24. The van der Waals surface area contributed by atoms with Crippen LogP contribution in [0.15, 0.2) is 4.99 Å². The van der Waals surface area contributed by atoms with Crippen LogP contribution in [0.1, 0.15) is 0 Å². The van der Waals surface area contributed by atoms with Crippen LogP contribution < -0.4 is 0 Å². The fourth-order valence-electron chi connectivity index (χ4n) is 0.298. The van der Waals surface area contributed by atoms with Gasteiger partial charge in [0.25, 0.3) is 0 Å². The molecule has 0 saturated heterocycles. The van der Waals surface area contributed by atoms with E-state index < -0.39 is 0 Å². The van der Waals surface area contributed by atoms with Gasteiger partial charge in [-0.25, -0.2) is 0 Å². The molecular formula is C5H9NS2. The molecule has 0 aromatic rings. The lowest BCUT2D eigenvalue weighted by Gasteiger charge is -1.95. The van der Waals surface area contributed by atoms with E-state index in [4.69, 9.17) is 12.2 Å². The summed E-state index contributed by atoms with van der Waals surface area (Å²) < 4.78 is 0. The summed E-state index contributed by atoms with van der Waals surface area (Å²) in [6, 6.07) is 0. The van der Waals surface area contributed by atoms with Gasteiger partial charge in [0.05, 0.1) is 5.25 Å². The van der Waals surface area contributed by atoms with E-state index in [9.17, 15) is 0 Å². The number of thioether (sulfide) groups is 1. The molecule has 0 heterocycles. The maximum atomic E-state index is 4.70. The summed E-state index contributed by atoms with van der Waals surface area (Å²) in [4.78, 5) is 3.83. The largest absolute Gasteiger partial charge is 0.299 e. The van der Waals surface area contributed by atoms with Crippen LogP contribution in [-0.4, -0.2) is 30.1 Å². The van der Waals surface area contributed by atoms with E-state index in [0.29, 0.717) is 5.25 Å². The van der Waals surface area contributed by atoms with Crippen molar-refractivity contribution in [2.75, 3.05) is 13.3 Å². The maximum Gasteiger partial charge on any atom is 0.0675 e. The molecule has 0 aliphatic heterocycles. The second-order valence-corrected chi connectivity index (χ2v) is 2.53. The standard InChI is InChI=1S/C5H9NS2/c1-6-3-5(4-7)8-2/h3-5H,1-2H3. The fraction of sp³-hybridized carbons (Fsp3) is 0.600. The van der Waals surface area contributed by atoms with E-state index in [2.05, 4.69) is 4.99 Å². The van der Waals surface area contributed by atoms with Crippen LogP contribution in [0.3, 0.4) is 0 Å². The molecule has 0 rings (SSSR count). The minimum Gasteiger partial charge on any atom is -0.299 e. The Kier molecular flexibility index (Phi) is 5.32. The lowest BCUT2D eigenvalue weighted by Crippen LogP contribution is -2.02. The lowest BCUT2D eigenvalue weighted by atomic mass is 10.5. The molecule has 0 spiro atoms. The average molecular weight is 147 g/mol. The number of hydrogen-bond donors (Lipinski definition) is 0. The normalized spacial score (nSPS) is 14.2. The molecule has 1 nitrogen and oxygen atoms in total. The molecule has 0 bridgehead atoms. The molecule has 0 saturated carbocycles. The van der Waals surface area contributed by atoms with Crippen LogP contribution in [0.2, 0.25) is 0 Å². The van der Waals surface area contributed by atoms with Crippen LogP contribution in [0.25, 0.3) is 0 Å². The first-order valence-corrected chi connectivity index (χ1v) is 4.01. The maximum absolute atomic E-state index is 4.70. The highest BCUT2D eigenvalue weighted by molar-refractivity contribution is 8.01. The summed E-state index contributed by atoms with van der Waals surface area (Å²) in [5, 5.41) is 2.02. The minimum atomic E-state index is 0.315. The van der Waals surface area contributed by atoms with Crippen LogP contribution in [0.5, 0.6) is 0 Å². The van der Waals surface area contributed by atoms with Crippen LogP contribution in [0.4, 0.5) is 0 Å². The highest BCUT2D eigenvalue weighted by Gasteiger charge is 1.93. The van der Waals surface area contributed by atoms with Crippen molar-refractivity contribution >= 4 is 35.6 Å². The van der Waals surface area contributed by atoms with E-state index in [-0.39, 0.29) is 0 Å². The van der Waals surface area contributed by atoms with Crippen molar-refractivity contribution in [2.24, 2.45) is 4.99 Å². The summed E-state index contributed by atoms with van der Waals surface area (Å²) in [5.74, 6) is 0. The summed E-state index contributed by atoms with van der Waals surface area (Å²) in [7, 11) is 1.75. The van der Waals surface area contributed by atoms with Gasteiger partial charge in [-0.05, 0) is 11.6 Å². The number of rotatable bonds is 3. The SMILES string of the molecule is CN=CC(C=S)SC. The highest BCUT2D eigenvalue weighted by Crippen LogP contribution is 1.99. The highest BCUT2D eigenvalue weighted by atomic mass is 32.2. The molecule has 0 aromatic carbocycles. The van der Waals surface area contributed by atoms with Crippen molar-refractivity contribution in [1.82, 2.24) is 0 Å². The van der Waals surface area contributed by atoms with Crippen molar-refractivity contribution < 1.29 is 0 Å². The van der Waals surface area contributed by atoms with Crippen LogP contribution in [-0.2, 0) is 0 Å². The quantitative estimate of drug-likeness (QED) is 0.442. The van der Waals surface area contributed by atoms with Gasteiger partial charge in [-0.1, -0.05) is 12.2 Å². The third-order valence-electron chi connectivity index (χ3n) is 0.702. The van der Waals surface area contributed by atoms with Gasteiger partial charge in [0.2, 0.25) is 0 Å². The molecule has 1 unspecified atom stereocenters. The zero-order chi connectivity index (χ0) is 6.41. The molecule has 0 amide bonds. The molecule has 0 fully saturated rings. The first-order chi connectivity index (χ1) is 3.85. The molecule has 8 heavy (non-hydrogen) atoms. The van der Waals surface area contributed by atoms with Gasteiger partial charge >= 0.3 is 0 Å². The van der Waals surface area contributed by atoms with Gasteiger partial charge in [-0.15, -0.1) is 0 Å². The van der Waals surface area contributed by atoms with E-state index >= 15 is 0 Å². The molecular weight excluding hydrogens is 138 g/mol. The smallest absolute Gasteiger partial charge is 0.0675 e. The zero-order valence-electron chi connectivity index (χ0n) is 5.00. The Balaban J connectivity index is 3.52. The number of aliphatic imine (C=N–C) groups is 1. The molecule has 0 radical (unpaired) electrons. The topological polar surface area (TPSA) is 12.4 Å². The van der Waals surface area contributed by atoms with Gasteiger partial charge in [0, 0.05) is 13.3 Å². The Morgan fingerprint density at radius 1 is 1.75 bits per heavy atom. The van der Waals surface area contributed by atoms with Crippen molar-refractivity contribution in [3.8, 4) is 0 Å². The first-order valence-electron chi connectivity index (χ1n) is 2.25. The van der Waals surface area contributed by atoms with Gasteiger partial charge in [0.15, 0.2) is 0 Å². The Morgan fingerprint density at radius 2 is 2.38 bits per heavy atom. The minimum absolute atomic E-state index is 0.315. The van der Waals surface area contributed by atoms with E-state index in [0.717, 1.165) is 0 Å². The fourth-order valence-corrected chi connectivity index (χ4v) is 1.06. The van der Waals surface area contributed by atoms with Crippen molar-refractivity contribution in [2.45, 2.75) is 5.25 Å². The Hall–Kier alpha value is 0.110. The van der Waals surface area contributed by atoms with Gasteiger partial charge in [-0.3, -0.25) is 4.99 Å². The monoisotopic (exact) mass is 147 g/mol. The third kappa shape index (κ3) is 3.16. The van der Waals surface area contributed by atoms with E-state index in [1.54, 1.807) is 24.2 Å². The Bertz CT molecular complexity index is 90.4. The summed E-state index contributed by atoms with van der Waals surface area (Å²) in [6.45, 7) is 0.